The summed E-state index contributed by atoms with van der Waals surface area (Å²) in [7, 11) is 0. The topological polar surface area (TPSA) is 49.8 Å². The quantitative estimate of drug-likeness (QED) is 0.825. The van der Waals surface area contributed by atoms with Gasteiger partial charge in [0.1, 0.15) is 17.5 Å². The van der Waals surface area contributed by atoms with Crippen LogP contribution in [0.2, 0.25) is 0 Å². The summed E-state index contributed by atoms with van der Waals surface area (Å²) < 4.78 is 0. The Kier molecular flexibility index (Phi) is 4.61. The first-order chi connectivity index (χ1) is 9.13. The molecular weight excluding hydrogens is 236 g/mol. The van der Waals surface area contributed by atoms with Crippen LogP contribution in [0.1, 0.15) is 51.4 Å². The van der Waals surface area contributed by atoms with Crippen molar-refractivity contribution in [3.63, 3.8) is 0 Å². The van der Waals surface area contributed by atoms with Gasteiger partial charge in [0.15, 0.2) is 0 Å². The molecule has 4 heteroatoms. The summed E-state index contributed by atoms with van der Waals surface area (Å²) in [6.07, 6.45) is 4.48. The fourth-order valence-electron chi connectivity index (χ4n) is 2.49. The average molecular weight is 262 g/mol. The van der Waals surface area contributed by atoms with Crippen LogP contribution in [0.5, 0.6) is 0 Å². The number of nitrogens with zero attached hydrogens (tertiary/aromatic N) is 2. The second kappa shape index (κ2) is 6.22. The van der Waals surface area contributed by atoms with Crippen molar-refractivity contribution in [3.8, 4) is 0 Å². The summed E-state index contributed by atoms with van der Waals surface area (Å²) in [4.78, 5) is 9.24. The lowest BCUT2D eigenvalue weighted by atomic mass is 9.82. The highest BCUT2D eigenvalue weighted by Gasteiger charge is 2.26. The zero-order valence-electron chi connectivity index (χ0n) is 12.6. The van der Waals surface area contributed by atoms with E-state index in [2.05, 4.69) is 48.3 Å². The van der Waals surface area contributed by atoms with Gasteiger partial charge in [-0.2, -0.15) is 0 Å². The molecule has 0 atom stereocenters. The first kappa shape index (κ1) is 14.1. The Bertz CT molecular complexity index is 424. The molecule has 1 aromatic rings. The predicted molar refractivity (Wildman–Crippen MR) is 80.7 cm³/mol. The van der Waals surface area contributed by atoms with Crippen LogP contribution in [0.25, 0.3) is 0 Å². The van der Waals surface area contributed by atoms with Crippen molar-refractivity contribution in [2.45, 2.75) is 59.4 Å². The van der Waals surface area contributed by atoms with E-state index in [4.69, 9.17) is 0 Å². The zero-order chi connectivity index (χ0) is 13.8. The van der Waals surface area contributed by atoms with E-state index >= 15 is 0 Å². The zero-order valence-corrected chi connectivity index (χ0v) is 12.6. The number of aryl methyl sites for hydroxylation is 1. The lowest BCUT2D eigenvalue weighted by Crippen LogP contribution is -2.34. The molecule has 0 aromatic carbocycles. The summed E-state index contributed by atoms with van der Waals surface area (Å²) in [6.45, 7) is 9.63. The molecule has 1 saturated carbocycles. The number of anilines is 2. The number of aromatic nitrogens is 2. The molecule has 0 saturated heterocycles. The summed E-state index contributed by atoms with van der Waals surface area (Å²) in [5, 5.41) is 6.98. The highest BCUT2D eigenvalue weighted by Crippen LogP contribution is 2.31. The Hall–Kier alpha value is -1.32. The summed E-state index contributed by atoms with van der Waals surface area (Å²) in [6, 6.07) is 0.590. The van der Waals surface area contributed by atoms with Gasteiger partial charge in [-0.25, -0.2) is 9.97 Å². The van der Waals surface area contributed by atoms with Crippen LogP contribution in [0, 0.1) is 12.8 Å². The maximum atomic E-state index is 4.64. The van der Waals surface area contributed by atoms with Crippen molar-refractivity contribution in [2.75, 3.05) is 17.2 Å². The molecule has 2 rings (SSSR count). The van der Waals surface area contributed by atoms with Crippen LogP contribution >= 0.6 is 0 Å². The Morgan fingerprint density at radius 2 is 1.84 bits per heavy atom. The van der Waals surface area contributed by atoms with E-state index < -0.39 is 0 Å². The SMILES string of the molecule is CCCNc1nc(CC)nc(NC2CC(C)C2)c1C. The minimum atomic E-state index is 0.590. The predicted octanol–water partition coefficient (Wildman–Crippen LogP) is 3.38. The molecular formula is C15H26N4. The third kappa shape index (κ3) is 3.37. The van der Waals surface area contributed by atoms with Gasteiger partial charge in [0.05, 0.1) is 0 Å². The molecule has 1 heterocycles. The minimum Gasteiger partial charge on any atom is -0.370 e. The third-order valence-electron chi connectivity index (χ3n) is 3.77. The lowest BCUT2D eigenvalue weighted by Gasteiger charge is -2.34. The fraction of sp³-hybridized carbons (Fsp3) is 0.733. The third-order valence-corrected chi connectivity index (χ3v) is 3.77. The van der Waals surface area contributed by atoms with Gasteiger partial charge in [-0.3, -0.25) is 0 Å². The largest absolute Gasteiger partial charge is 0.370 e. The molecule has 0 radical (unpaired) electrons. The Morgan fingerprint density at radius 1 is 1.16 bits per heavy atom. The maximum Gasteiger partial charge on any atom is 0.134 e. The van der Waals surface area contributed by atoms with Crippen molar-refractivity contribution in [1.82, 2.24) is 9.97 Å². The molecule has 1 fully saturated rings. The fourth-order valence-corrected chi connectivity index (χ4v) is 2.49. The van der Waals surface area contributed by atoms with E-state index in [9.17, 15) is 0 Å². The molecule has 0 unspecified atom stereocenters. The summed E-state index contributed by atoms with van der Waals surface area (Å²) >= 11 is 0. The van der Waals surface area contributed by atoms with Gasteiger partial charge in [0.25, 0.3) is 0 Å². The van der Waals surface area contributed by atoms with Gasteiger partial charge in [-0.15, -0.1) is 0 Å². The number of hydrogen-bond donors (Lipinski definition) is 2. The van der Waals surface area contributed by atoms with Gasteiger partial charge in [0, 0.05) is 24.6 Å². The van der Waals surface area contributed by atoms with Crippen molar-refractivity contribution in [2.24, 2.45) is 5.92 Å². The van der Waals surface area contributed by atoms with Crippen molar-refractivity contribution < 1.29 is 0 Å². The van der Waals surface area contributed by atoms with Crippen molar-refractivity contribution in [1.29, 1.82) is 0 Å². The lowest BCUT2D eigenvalue weighted by molar-refractivity contribution is 0.308. The molecule has 0 spiro atoms. The Morgan fingerprint density at radius 3 is 2.42 bits per heavy atom. The smallest absolute Gasteiger partial charge is 0.134 e. The second-order valence-electron chi connectivity index (χ2n) is 5.66. The van der Waals surface area contributed by atoms with Crippen molar-refractivity contribution in [3.05, 3.63) is 11.4 Å². The highest BCUT2D eigenvalue weighted by molar-refractivity contribution is 5.57. The first-order valence-corrected chi connectivity index (χ1v) is 7.51. The first-order valence-electron chi connectivity index (χ1n) is 7.51. The van der Waals surface area contributed by atoms with Gasteiger partial charge in [-0.1, -0.05) is 20.8 Å². The monoisotopic (exact) mass is 262 g/mol. The van der Waals surface area contributed by atoms with Crippen LogP contribution in [0.15, 0.2) is 0 Å². The van der Waals surface area contributed by atoms with Crippen LogP contribution < -0.4 is 10.6 Å². The Labute approximate surface area is 116 Å². The van der Waals surface area contributed by atoms with Crippen LogP contribution in [0.4, 0.5) is 11.6 Å². The molecule has 2 N–H and O–H groups in total. The summed E-state index contributed by atoms with van der Waals surface area (Å²) in [5.41, 5.74) is 1.14. The molecule has 19 heavy (non-hydrogen) atoms. The molecule has 106 valence electrons. The normalized spacial score (nSPS) is 21.9. The van der Waals surface area contributed by atoms with Gasteiger partial charge < -0.3 is 10.6 Å². The number of rotatable bonds is 6. The van der Waals surface area contributed by atoms with Crippen LogP contribution in [-0.2, 0) is 6.42 Å². The van der Waals surface area contributed by atoms with Crippen LogP contribution in [-0.4, -0.2) is 22.6 Å². The van der Waals surface area contributed by atoms with E-state index in [-0.39, 0.29) is 0 Å². The van der Waals surface area contributed by atoms with Crippen molar-refractivity contribution >= 4 is 11.6 Å². The summed E-state index contributed by atoms with van der Waals surface area (Å²) in [5.74, 6) is 3.77. The van der Waals surface area contributed by atoms with E-state index in [1.165, 1.54) is 12.8 Å². The molecule has 1 aliphatic carbocycles. The molecule has 0 aliphatic heterocycles. The van der Waals surface area contributed by atoms with E-state index in [1.807, 2.05) is 0 Å². The molecule has 1 aliphatic rings. The van der Waals surface area contributed by atoms with E-state index in [0.29, 0.717) is 6.04 Å². The van der Waals surface area contributed by atoms with Gasteiger partial charge >= 0.3 is 0 Å². The second-order valence-corrected chi connectivity index (χ2v) is 5.66. The number of hydrogen-bond acceptors (Lipinski definition) is 4. The minimum absolute atomic E-state index is 0.590. The molecule has 0 amide bonds. The molecule has 1 aromatic heterocycles. The number of nitrogens with one attached hydrogen (secondary N) is 2. The Balaban J connectivity index is 2.15. The van der Waals surface area contributed by atoms with E-state index in [1.54, 1.807) is 0 Å². The maximum absolute atomic E-state index is 4.64. The average Bonchev–Trinajstić information content (AvgIpc) is 2.37. The standard InChI is InChI=1S/C15H26N4/c1-5-7-16-14-11(4)15(19-13(6-2)18-14)17-12-8-10(3)9-12/h10,12H,5-9H2,1-4H3,(H2,16,17,18,19). The molecule has 4 nitrogen and oxygen atoms in total. The molecule has 0 bridgehead atoms. The van der Waals surface area contributed by atoms with Crippen LogP contribution in [0.3, 0.4) is 0 Å². The highest BCUT2D eigenvalue weighted by atomic mass is 15.1. The van der Waals surface area contributed by atoms with E-state index in [0.717, 1.165) is 48.3 Å². The van der Waals surface area contributed by atoms with Gasteiger partial charge in [0.2, 0.25) is 0 Å². The van der Waals surface area contributed by atoms with Gasteiger partial charge in [-0.05, 0) is 32.1 Å².